The molecule has 0 aromatic heterocycles. The van der Waals surface area contributed by atoms with E-state index in [0.29, 0.717) is 6.42 Å². The number of likely N-dealkylation sites (tertiary alicyclic amines) is 1. The summed E-state index contributed by atoms with van der Waals surface area (Å²) in [6.45, 7) is 1.85. The quantitative estimate of drug-likeness (QED) is 0.880. The number of aromatic hydroxyl groups is 1. The minimum atomic E-state index is -0.949. The van der Waals surface area contributed by atoms with E-state index in [1.54, 1.807) is 12.1 Å². The molecule has 118 valence electrons. The normalized spacial score (nSPS) is 27.5. The standard InChI is InChI=1S/C17H21NO4/c1-10-6-7-15(19)12(8-10)16(20)18-13-5-3-2-4-11(13)9-14(18)17(21)22/h6-8,11,13-14,19H,2-5,9H2,1H3,(H,21,22). The van der Waals surface area contributed by atoms with E-state index in [1.807, 2.05) is 6.92 Å². The molecule has 1 saturated carbocycles. The number of hydrogen-bond acceptors (Lipinski definition) is 3. The van der Waals surface area contributed by atoms with E-state index in [2.05, 4.69) is 0 Å². The van der Waals surface area contributed by atoms with Gasteiger partial charge < -0.3 is 15.1 Å². The lowest BCUT2D eigenvalue weighted by Gasteiger charge is -2.33. The van der Waals surface area contributed by atoms with Crippen molar-refractivity contribution in [2.75, 3.05) is 0 Å². The Labute approximate surface area is 129 Å². The first kappa shape index (κ1) is 14.9. The summed E-state index contributed by atoms with van der Waals surface area (Å²) in [5.74, 6) is -1.12. The molecule has 5 heteroatoms. The lowest BCUT2D eigenvalue weighted by Crippen LogP contribution is -2.46. The van der Waals surface area contributed by atoms with Crippen molar-refractivity contribution >= 4 is 11.9 Å². The zero-order valence-electron chi connectivity index (χ0n) is 12.7. The summed E-state index contributed by atoms with van der Waals surface area (Å²) in [5.41, 5.74) is 1.07. The summed E-state index contributed by atoms with van der Waals surface area (Å²) in [6.07, 6.45) is 4.49. The average Bonchev–Trinajstić information content (AvgIpc) is 2.88. The van der Waals surface area contributed by atoms with Crippen LogP contribution in [0.3, 0.4) is 0 Å². The summed E-state index contributed by atoms with van der Waals surface area (Å²) in [4.78, 5) is 26.0. The first-order valence-electron chi connectivity index (χ1n) is 7.84. The molecule has 0 spiro atoms. The van der Waals surface area contributed by atoms with Crippen LogP contribution >= 0.6 is 0 Å². The fourth-order valence-electron chi connectivity index (χ4n) is 3.93. The molecule has 2 fully saturated rings. The van der Waals surface area contributed by atoms with Gasteiger partial charge in [0.1, 0.15) is 11.8 Å². The van der Waals surface area contributed by atoms with E-state index in [4.69, 9.17) is 0 Å². The second-order valence-electron chi connectivity index (χ2n) is 6.43. The second kappa shape index (κ2) is 5.63. The molecule has 3 unspecified atom stereocenters. The number of carbonyl (C=O) groups is 2. The number of aryl methyl sites for hydroxylation is 1. The predicted octanol–water partition coefficient (Wildman–Crippen LogP) is 2.56. The number of aliphatic carboxylic acids is 1. The van der Waals surface area contributed by atoms with Crippen LogP contribution in [0.2, 0.25) is 0 Å². The molecule has 2 aliphatic rings. The van der Waals surface area contributed by atoms with Gasteiger partial charge in [-0.25, -0.2) is 4.79 Å². The molecule has 1 heterocycles. The zero-order valence-corrected chi connectivity index (χ0v) is 12.7. The van der Waals surface area contributed by atoms with Crippen molar-refractivity contribution in [2.24, 2.45) is 5.92 Å². The van der Waals surface area contributed by atoms with Crippen LogP contribution in [0, 0.1) is 12.8 Å². The number of carboxylic acids is 1. The molecule has 1 aromatic carbocycles. The van der Waals surface area contributed by atoms with Crippen LogP contribution in [0.15, 0.2) is 18.2 Å². The third kappa shape index (κ3) is 2.45. The van der Waals surface area contributed by atoms with Crippen molar-refractivity contribution in [1.29, 1.82) is 0 Å². The molecule has 0 bridgehead atoms. The maximum atomic E-state index is 12.9. The number of benzene rings is 1. The van der Waals surface area contributed by atoms with Gasteiger partial charge in [-0.1, -0.05) is 24.5 Å². The highest BCUT2D eigenvalue weighted by Gasteiger charge is 2.48. The number of nitrogens with zero attached hydrogens (tertiary/aromatic N) is 1. The maximum absolute atomic E-state index is 12.9. The van der Waals surface area contributed by atoms with Crippen molar-refractivity contribution in [3.8, 4) is 5.75 Å². The molecule has 1 aliphatic heterocycles. The van der Waals surface area contributed by atoms with Gasteiger partial charge in [0.05, 0.1) is 5.56 Å². The van der Waals surface area contributed by atoms with Crippen molar-refractivity contribution < 1.29 is 19.8 Å². The first-order valence-corrected chi connectivity index (χ1v) is 7.84. The van der Waals surface area contributed by atoms with E-state index in [-0.39, 0.29) is 29.2 Å². The molecular weight excluding hydrogens is 282 g/mol. The number of carboxylic acid groups (broad SMARTS) is 1. The van der Waals surface area contributed by atoms with Gasteiger partial charge in [-0.05, 0) is 44.2 Å². The Bertz CT molecular complexity index is 613. The molecule has 3 atom stereocenters. The number of rotatable bonds is 2. The van der Waals surface area contributed by atoms with Gasteiger partial charge in [-0.2, -0.15) is 0 Å². The molecule has 3 rings (SSSR count). The number of fused-ring (bicyclic) bond motifs is 1. The molecule has 1 amide bonds. The smallest absolute Gasteiger partial charge is 0.326 e. The molecule has 0 radical (unpaired) electrons. The zero-order chi connectivity index (χ0) is 15.9. The Morgan fingerprint density at radius 3 is 2.68 bits per heavy atom. The number of amides is 1. The van der Waals surface area contributed by atoms with Crippen molar-refractivity contribution in [3.05, 3.63) is 29.3 Å². The van der Waals surface area contributed by atoms with Crippen molar-refractivity contribution in [1.82, 2.24) is 4.90 Å². The molecule has 1 saturated heterocycles. The molecular formula is C17H21NO4. The topological polar surface area (TPSA) is 77.8 Å². The van der Waals surface area contributed by atoms with Crippen molar-refractivity contribution in [3.63, 3.8) is 0 Å². The first-order chi connectivity index (χ1) is 10.5. The average molecular weight is 303 g/mol. The number of phenols is 1. The monoisotopic (exact) mass is 303 g/mol. The fraction of sp³-hybridized carbons (Fsp3) is 0.529. The van der Waals surface area contributed by atoms with Crippen LogP contribution in [-0.4, -0.2) is 39.1 Å². The lowest BCUT2D eigenvalue weighted by molar-refractivity contribution is -0.141. The largest absolute Gasteiger partial charge is 0.507 e. The van der Waals surface area contributed by atoms with Gasteiger partial charge in [0.25, 0.3) is 5.91 Å². The van der Waals surface area contributed by atoms with E-state index < -0.39 is 12.0 Å². The van der Waals surface area contributed by atoms with Crippen LogP contribution in [0.1, 0.15) is 48.0 Å². The predicted molar refractivity (Wildman–Crippen MR) is 80.8 cm³/mol. The van der Waals surface area contributed by atoms with Gasteiger partial charge in [0.15, 0.2) is 0 Å². The van der Waals surface area contributed by atoms with Crippen LogP contribution in [0.25, 0.3) is 0 Å². The third-order valence-corrected chi connectivity index (χ3v) is 4.99. The summed E-state index contributed by atoms with van der Waals surface area (Å²) in [5, 5.41) is 19.5. The van der Waals surface area contributed by atoms with E-state index >= 15 is 0 Å². The van der Waals surface area contributed by atoms with Crippen LogP contribution in [0.5, 0.6) is 5.75 Å². The number of carbonyl (C=O) groups excluding carboxylic acids is 1. The Hall–Kier alpha value is -2.04. The van der Waals surface area contributed by atoms with E-state index in [0.717, 1.165) is 31.2 Å². The summed E-state index contributed by atoms with van der Waals surface area (Å²) in [7, 11) is 0. The highest BCUT2D eigenvalue weighted by Crippen LogP contribution is 2.41. The van der Waals surface area contributed by atoms with Crippen LogP contribution in [-0.2, 0) is 4.79 Å². The van der Waals surface area contributed by atoms with Crippen molar-refractivity contribution in [2.45, 2.75) is 51.1 Å². The minimum Gasteiger partial charge on any atom is -0.507 e. The summed E-state index contributed by atoms with van der Waals surface area (Å²) in [6, 6.07) is 4.07. The number of phenolic OH excluding ortho intramolecular Hbond substituents is 1. The Morgan fingerprint density at radius 1 is 1.23 bits per heavy atom. The maximum Gasteiger partial charge on any atom is 0.326 e. The molecule has 22 heavy (non-hydrogen) atoms. The molecule has 2 N–H and O–H groups in total. The van der Waals surface area contributed by atoms with Gasteiger partial charge >= 0.3 is 5.97 Å². The summed E-state index contributed by atoms with van der Waals surface area (Å²) >= 11 is 0. The Kier molecular flexibility index (Phi) is 3.81. The van der Waals surface area contributed by atoms with Gasteiger partial charge in [-0.3, -0.25) is 4.79 Å². The highest BCUT2D eigenvalue weighted by atomic mass is 16.4. The highest BCUT2D eigenvalue weighted by molar-refractivity contribution is 5.99. The SMILES string of the molecule is Cc1ccc(O)c(C(=O)N2C(C(=O)O)CC3CCCCC32)c1. The van der Waals surface area contributed by atoms with E-state index in [9.17, 15) is 19.8 Å². The van der Waals surface area contributed by atoms with Crippen LogP contribution in [0.4, 0.5) is 0 Å². The molecule has 1 aromatic rings. The minimum absolute atomic E-state index is 0.0118. The Balaban J connectivity index is 1.97. The third-order valence-electron chi connectivity index (χ3n) is 4.99. The Morgan fingerprint density at radius 2 is 1.95 bits per heavy atom. The van der Waals surface area contributed by atoms with Gasteiger partial charge in [-0.15, -0.1) is 0 Å². The van der Waals surface area contributed by atoms with Gasteiger partial charge in [0.2, 0.25) is 0 Å². The lowest BCUT2D eigenvalue weighted by atomic mass is 9.84. The number of hydrogen-bond donors (Lipinski definition) is 2. The second-order valence-corrected chi connectivity index (χ2v) is 6.43. The fourth-order valence-corrected chi connectivity index (χ4v) is 3.93. The molecule has 1 aliphatic carbocycles. The van der Waals surface area contributed by atoms with Crippen LogP contribution < -0.4 is 0 Å². The summed E-state index contributed by atoms with van der Waals surface area (Å²) < 4.78 is 0. The van der Waals surface area contributed by atoms with E-state index in [1.165, 1.54) is 11.0 Å². The van der Waals surface area contributed by atoms with Gasteiger partial charge in [0, 0.05) is 6.04 Å². The molecule has 5 nitrogen and oxygen atoms in total.